The van der Waals surface area contributed by atoms with Gasteiger partial charge in [0.05, 0.1) is 14.2 Å². The highest BCUT2D eigenvalue weighted by molar-refractivity contribution is 6.79. The van der Waals surface area contributed by atoms with Gasteiger partial charge in [0, 0.05) is 0 Å². The van der Waals surface area contributed by atoms with E-state index in [1.807, 2.05) is 0 Å². The van der Waals surface area contributed by atoms with Crippen LogP contribution >= 0.6 is 0 Å². The van der Waals surface area contributed by atoms with E-state index >= 15 is 0 Å². The molecule has 4 fully saturated rings. The standard InChI is InChI=1S/C13H24OSi/c1-15(2,3)13-6-9-4-10(7-13)12(14)11(5-9)8-13/h9-12,14H,4-8H2,1-3H3/t9?,10-,11+,12?,13?. The van der Waals surface area contributed by atoms with Gasteiger partial charge in [-0.3, -0.25) is 0 Å². The zero-order valence-electron chi connectivity index (χ0n) is 10.3. The van der Waals surface area contributed by atoms with Crippen LogP contribution in [0.25, 0.3) is 0 Å². The second-order valence-electron chi connectivity index (χ2n) is 7.49. The second-order valence-corrected chi connectivity index (χ2v) is 13.1. The van der Waals surface area contributed by atoms with Crippen LogP contribution in [0.3, 0.4) is 0 Å². The molecule has 0 aromatic carbocycles. The lowest BCUT2D eigenvalue weighted by atomic mass is 9.54. The van der Waals surface area contributed by atoms with E-state index < -0.39 is 8.07 Å². The van der Waals surface area contributed by atoms with Crippen molar-refractivity contribution in [1.29, 1.82) is 0 Å². The third-order valence-electron chi connectivity index (χ3n) is 5.81. The molecule has 1 N–H and O–H groups in total. The molecule has 0 amide bonds. The van der Waals surface area contributed by atoms with Gasteiger partial charge in [0.2, 0.25) is 0 Å². The van der Waals surface area contributed by atoms with Crippen LogP contribution in [0.4, 0.5) is 0 Å². The van der Waals surface area contributed by atoms with Gasteiger partial charge in [0.1, 0.15) is 0 Å². The molecule has 0 spiro atoms. The predicted octanol–water partition coefficient (Wildman–Crippen LogP) is 3.27. The maximum absolute atomic E-state index is 10.2. The molecule has 4 aliphatic carbocycles. The monoisotopic (exact) mass is 224 g/mol. The third kappa shape index (κ3) is 1.30. The van der Waals surface area contributed by atoms with Crippen LogP contribution in [0.2, 0.25) is 24.7 Å². The molecular weight excluding hydrogens is 200 g/mol. The zero-order chi connectivity index (χ0) is 10.8. The van der Waals surface area contributed by atoms with Gasteiger partial charge in [-0.2, -0.15) is 0 Å². The molecule has 0 heterocycles. The fourth-order valence-electron chi connectivity index (χ4n) is 4.92. The van der Waals surface area contributed by atoms with Crippen LogP contribution in [0, 0.1) is 17.8 Å². The van der Waals surface area contributed by atoms with E-state index in [2.05, 4.69) is 19.6 Å². The van der Waals surface area contributed by atoms with Crippen LogP contribution in [-0.2, 0) is 0 Å². The Morgan fingerprint density at radius 3 is 2.00 bits per heavy atom. The number of aliphatic hydroxyl groups is 1. The third-order valence-corrected chi connectivity index (χ3v) is 9.61. The predicted molar refractivity (Wildman–Crippen MR) is 65.6 cm³/mol. The van der Waals surface area contributed by atoms with Gasteiger partial charge in [-0.25, -0.2) is 0 Å². The Bertz CT molecular complexity index is 265. The average molecular weight is 224 g/mol. The van der Waals surface area contributed by atoms with Crippen LogP contribution in [-0.4, -0.2) is 19.3 Å². The van der Waals surface area contributed by atoms with Gasteiger partial charge in [-0.1, -0.05) is 19.6 Å². The van der Waals surface area contributed by atoms with E-state index in [-0.39, 0.29) is 6.10 Å². The summed E-state index contributed by atoms with van der Waals surface area (Å²) in [7, 11) is -1.05. The lowest BCUT2D eigenvalue weighted by Gasteiger charge is -2.63. The molecule has 5 atom stereocenters. The first-order valence-electron chi connectivity index (χ1n) is 6.59. The fourth-order valence-corrected chi connectivity index (χ4v) is 7.57. The van der Waals surface area contributed by atoms with Gasteiger partial charge >= 0.3 is 0 Å². The maximum atomic E-state index is 10.2. The Balaban J connectivity index is 1.96. The van der Waals surface area contributed by atoms with E-state index in [0.717, 1.165) is 5.92 Å². The van der Waals surface area contributed by atoms with Gasteiger partial charge in [-0.15, -0.1) is 0 Å². The lowest BCUT2D eigenvalue weighted by Crippen LogP contribution is -2.57. The van der Waals surface area contributed by atoms with Crippen molar-refractivity contribution in [2.24, 2.45) is 17.8 Å². The molecule has 4 saturated carbocycles. The number of rotatable bonds is 1. The highest BCUT2D eigenvalue weighted by Gasteiger charge is 2.59. The topological polar surface area (TPSA) is 20.2 Å². The molecule has 0 saturated heterocycles. The summed E-state index contributed by atoms with van der Waals surface area (Å²) in [4.78, 5) is 0. The summed E-state index contributed by atoms with van der Waals surface area (Å²) in [5.74, 6) is 2.31. The van der Waals surface area contributed by atoms with Crippen LogP contribution < -0.4 is 0 Å². The summed E-state index contributed by atoms with van der Waals surface area (Å²) in [5, 5.41) is 10.9. The normalized spacial score (nSPS) is 53.6. The van der Waals surface area contributed by atoms with Gasteiger partial charge in [-0.05, 0) is 54.9 Å². The number of aliphatic hydroxyl groups excluding tert-OH is 1. The van der Waals surface area contributed by atoms with Gasteiger partial charge < -0.3 is 5.11 Å². The van der Waals surface area contributed by atoms with Crippen molar-refractivity contribution >= 4 is 8.07 Å². The second kappa shape index (κ2) is 2.89. The molecule has 0 aliphatic heterocycles. The first-order chi connectivity index (χ1) is 6.91. The van der Waals surface area contributed by atoms with Crippen molar-refractivity contribution in [2.75, 3.05) is 0 Å². The molecule has 3 unspecified atom stereocenters. The van der Waals surface area contributed by atoms with E-state index in [1.54, 1.807) is 0 Å². The molecule has 1 nitrogen and oxygen atoms in total. The van der Waals surface area contributed by atoms with Crippen molar-refractivity contribution in [2.45, 2.75) is 62.9 Å². The Morgan fingerprint density at radius 1 is 1.00 bits per heavy atom. The molecule has 0 aromatic heterocycles. The summed E-state index contributed by atoms with van der Waals surface area (Å²) in [6, 6.07) is 0. The van der Waals surface area contributed by atoms with E-state index in [9.17, 15) is 5.11 Å². The summed E-state index contributed by atoms with van der Waals surface area (Å²) in [5.41, 5.74) is 0. The molecule has 0 radical (unpaired) electrons. The Kier molecular flexibility index (Phi) is 1.99. The first kappa shape index (κ1) is 10.3. The van der Waals surface area contributed by atoms with Crippen LogP contribution in [0.1, 0.15) is 32.1 Å². The van der Waals surface area contributed by atoms with E-state index in [4.69, 9.17) is 0 Å². The highest BCUT2D eigenvalue weighted by Crippen LogP contribution is 2.67. The lowest BCUT2D eigenvalue weighted by molar-refractivity contribution is -0.0883. The summed E-state index contributed by atoms with van der Waals surface area (Å²) < 4.78 is 0. The number of hydrogen-bond donors (Lipinski definition) is 1. The molecule has 15 heavy (non-hydrogen) atoms. The molecule has 2 heteroatoms. The van der Waals surface area contributed by atoms with Crippen LogP contribution in [0.5, 0.6) is 0 Å². The van der Waals surface area contributed by atoms with Crippen molar-refractivity contribution in [3.63, 3.8) is 0 Å². The summed E-state index contributed by atoms with van der Waals surface area (Å²) >= 11 is 0. The summed E-state index contributed by atoms with van der Waals surface area (Å²) in [6.45, 7) is 7.64. The minimum atomic E-state index is -1.05. The zero-order valence-corrected chi connectivity index (χ0v) is 11.3. The van der Waals surface area contributed by atoms with E-state index in [1.165, 1.54) is 32.1 Å². The smallest absolute Gasteiger partial charge is 0.0596 e. The Labute approximate surface area is 94.3 Å². The Hall–Kier alpha value is 0.177. The molecule has 86 valence electrons. The SMILES string of the molecule is C[Si](C)(C)C12CC3C[C@H](C1)C(O)[C@@H](C3)C2. The van der Waals surface area contributed by atoms with Crippen molar-refractivity contribution in [3.8, 4) is 0 Å². The Morgan fingerprint density at radius 2 is 1.53 bits per heavy atom. The van der Waals surface area contributed by atoms with Crippen molar-refractivity contribution in [3.05, 3.63) is 0 Å². The maximum Gasteiger partial charge on any atom is 0.0596 e. The largest absolute Gasteiger partial charge is 0.393 e. The average Bonchev–Trinajstić information content (AvgIpc) is 2.10. The van der Waals surface area contributed by atoms with Gasteiger partial charge in [0.25, 0.3) is 0 Å². The molecule has 4 rings (SSSR count). The minimum absolute atomic E-state index is 0.0611. The quantitative estimate of drug-likeness (QED) is 0.678. The number of hydrogen-bond acceptors (Lipinski definition) is 1. The van der Waals surface area contributed by atoms with Crippen molar-refractivity contribution in [1.82, 2.24) is 0 Å². The molecule has 0 aromatic rings. The minimum Gasteiger partial charge on any atom is -0.393 e. The fraction of sp³-hybridized carbons (Fsp3) is 1.00. The van der Waals surface area contributed by atoms with Crippen LogP contribution in [0.15, 0.2) is 0 Å². The van der Waals surface area contributed by atoms with E-state index in [0.29, 0.717) is 16.9 Å². The summed E-state index contributed by atoms with van der Waals surface area (Å²) in [6.07, 6.45) is 6.95. The van der Waals surface area contributed by atoms with Crippen molar-refractivity contribution < 1.29 is 5.11 Å². The first-order valence-corrected chi connectivity index (χ1v) is 10.1. The molecular formula is C13H24OSi. The molecule has 4 aliphatic rings. The highest BCUT2D eigenvalue weighted by atomic mass is 28.3. The van der Waals surface area contributed by atoms with Gasteiger partial charge in [0.15, 0.2) is 0 Å². The molecule has 4 bridgehead atoms.